The molecule has 1 aliphatic rings. The van der Waals surface area contributed by atoms with E-state index in [-0.39, 0.29) is 5.41 Å². The minimum absolute atomic E-state index is 0.142. The Morgan fingerprint density at radius 3 is 1.06 bits per heavy atom. The number of aryl methyl sites for hydroxylation is 4. The van der Waals surface area contributed by atoms with Gasteiger partial charge in [0.2, 0.25) is 0 Å². The summed E-state index contributed by atoms with van der Waals surface area (Å²) < 4.78 is 0. The van der Waals surface area contributed by atoms with Crippen LogP contribution in [-0.2, 0) is 31.1 Å². The van der Waals surface area contributed by atoms with Crippen molar-refractivity contribution in [2.75, 3.05) is 11.5 Å². The van der Waals surface area contributed by atoms with Gasteiger partial charge in [0.05, 0.1) is 0 Å². The Morgan fingerprint density at radius 1 is 0.417 bits per heavy atom. The molecule has 0 radical (unpaired) electrons. The van der Waals surface area contributed by atoms with E-state index in [2.05, 4.69) is 72.8 Å². The van der Waals surface area contributed by atoms with Gasteiger partial charge in [-0.3, -0.25) is 0 Å². The standard InChI is InChI=1S/C34H38N2/c35-32-20-12-28(13-21-32)6-4-26-8-16-30(17-9-26)34(24-2-1-3-25-34)31-18-10-27(11-19-31)5-7-29-14-22-33(36)23-15-29/h8-23H,1-7,24-25,35-36H2. The van der Waals surface area contributed by atoms with Crippen LogP contribution in [0.4, 0.5) is 11.4 Å². The summed E-state index contributed by atoms with van der Waals surface area (Å²) in [5, 5.41) is 0. The average molecular weight is 475 g/mol. The third kappa shape index (κ3) is 5.65. The second-order valence-electron chi connectivity index (χ2n) is 10.5. The lowest BCUT2D eigenvalue weighted by Gasteiger charge is -2.39. The van der Waals surface area contributed by atoms with Gasteiger partial charge < -0.3 is 11.5 Å². The van der Waals surface area contributed by atoms with Gasteiger partial charge in [0.25, 0.3) is 0 Å². The summed E-state index contributed by atoms with van der Waals surface area (Å²) in [4.78, 5) is 0. The van der Waals surface area contributed by atoms with Crippen LogP contribution in [-0.4, -0.2) is 0 Å². The molecule has 0 saturated heterocycles. The van der Waals surface area contributed by atoms with Crippen LogP contribution < -0.4 is 11.5 Å². The van der Waals surface area contributed by atoms with Gasteiger partial charge in [0, 0.05) is 16.8 Å². The molecule has 0 unspecified atom stereocenters. The summed E-state index contributed by atoms with van der Waals surface area (Å²) in [5.74, 6) is 0. The molecule has 4 aromatic carbocycles. The van der Waals surface area contributed by atoms with E-state index in [1.54, 1.807) is 0 Å². The van der Waals surface area contributed by atoms with Gasteiger partial charge >= 0.3 is 0 Å². The molecule has 4 N–H and O–H groups in total. The first-order chi connectivity index (χ1) is 17.6. The fourth-order valence-electron chi connectivity index (χ4n) is 5.83. The van der Waals surface area contributed by atoms with E-state index in [1.807, 2.05) is 24.3 Å². The average Bonchev–Trinajstić information content (AvgIpc) is 2.93. The van der Waals surface area contributed by atoms with Crippen LogP contribution in [0.25, 0.3) is 0 Å². The quantitative estimate of drug-likeness (QED) is 0.257. The number of nitrogen functional groups attached to an aromatic ring is 2. The van der Waals surface area contributed by atoms with Crippen LogP contribution in [0.15, 0.2) is 97.1 Å². The lowest BCUT2D eigenvalue weighted by molar-refractivity contribution is 0.346. The molecule has 0 amide bonds. The van der Waals surface area contributed by atoms with Crippen LogP contribution in [0.5, 0.6) is 0 Å². The fourth-order valence-corrected chi connectivity index (χ4v) is 5.83. The molecule has 1 fully saturated rings. The zero-order valence-electron chi connectivity index (χ0n) is 21.3. The van der Waals surface area contributed by atoms with Crippen LogP contribution in [0.2, 0.25) is 0 Å². The van der Waals surface area contributed by atoms with Crippen molar-refractivity contribution >= 4 is 11.4 Å². The van der Waals surface area contributed by atoms with E-state index in [0.29, 0.717) is 0 Å². The topological polar surface area (TPSA) is 52.0 Å². The van der Waals surface area contributed by atoms with Crippen molar-refractivity contribution in [1.29, 1.82) is 0 Å². The summed E-state index contributed by atoms with van der Waals surface area (Å²) in [7, 11) is 0. The Bertz CT molecular complexity index is 1140. The van der Waals surface area contributed by atoms with Crippen LogP contribution in [0.3, 0.4) is 0 Å². The van der Waals surface area contributed by atoms with Gasteiger partial charge in [0.15, 0.2) is 0 Å². The molecule has 1 aliphatic carbocycles. The van der Waals surface area contributed by atoms with Gasteiger partial charge in [-0.05, 0) is 96.2 Å². The first kappa shape index (κ1) is 24.2. The van der Waals surface area contributed by atoms with Crippen molar-refractivity contribution < 1.29 is 0 Å². The first-order valence-corrected chi connectivity index (χ1v) is 13.5. The zero-order valence-corrected chi connectivity index (χ0v) is 21.3. The van der Waals surface area contributed by atoms with Gasteiger partial charge in [0.1, 0.15) is 0 Å². The van der Waals surface area contributed by atoms with Gasteiger partial charge in [-0.2, -0.15) is 0 Å². The molecule has 0 aromatic heterocycles. The van der Waals surface area contributed by atoms with Crippen LogP contribution >= 0.6 is 0 Å². The fraction of sp³-hybridized carbons (Fsp3) is 0.294. The highest BCUT2D eigenvalue weighted by atomic mass is 14.5. The van der Waals surface area contributed by atoms with Gasteiger partial charge in [-0.1, -0.05) is 92.1 Å². The Labute approximate surface area is 216 Å². The van der Waals surface area contributed by atoms with Crippen molar-refractivity contribution in [3.63, 3.8) is 0 Å². The highest BCUT2D eigenvalue weighted by Crippen LogP contribution is 2.45. The summed E-state index contributed by atoms with van der Waals surface area (Å²) in [6.45, 7) is 0. The lowest BCUT2D eigenvalue weighted by Crippen LogP contribution is -2.30. The minimum Gasteiger partial charge on any atom is -0.399 e. The Balaban J connectivity index is 1.29. The van der Waals surface area contributed by atoms with E-state index in [0.717, 1.165) is 37.1 Å². The largest absolute Gasteiger partial charge is 0.399 e. The molecule has 2 nitrogen and oxygen atoms in total. The number of nitrogens with two attached hydrogens (primary N) is 2. The lowest BCUT2D eigenvalue weighted by atomic mass is 9.65. The molecule has 36 heavy (non-hydrogen) atoms. The van der Waals surface area contributed by atoms with Gasteiger partial charge in [-0.25, -0.2) is 0 Å². The SMILES string of the molecule is Nc1ccc(CCc2ccc(C3(c4ccc(CCc5ccc(N)cc5)cc4)CCCCC3)cc2)cc1. The molecule has 0 atom stereocenters. The first-order valence-electron chi connectivity index (χ1n) is 13.5. The molecule has 0 aliphatic heterocycles. The molecule has 0 heterocycles. The second kappa shape index (κ2) is 11.0. The molecule has 0 spiro atoms. The molecule has 5 rings (SSSR count). The molecule has 4 aromatic rings. The Morgan fingerprint density at radius 2 is 0.722 bits per heavy atom. The molecule has 1 saturated carbocycles. The third-order valence-corrected chi connectivity index (χ3v) is 8.08. The van der Waals surface area contributed by atoms with E-state index in [9.17, 15) is 0 Å². The van der Waals surface area contributed by atoms with E-state index < -0.39 is 0 Å². The number of rotatable bonds is 8. The molecular formula is C34H38N2. The van der Waals surface area contributed by atoms with E-state index in [4.69, 9.17) is 11.5 Å². The maximum Gasteiger partial charge on any atom is 0.0314 e. The van der Waals surface area contributed by atoms with E-state index >= 15 is 0 Å². The van der Waals surface area contributed by atoms with Crippen molar-refractivity contribution in [2.24, 2.45) is 0 Å². The van der Waals surface area contributed by atoms with Gasteiger partial charge in [-0.15, -0.1) is 0 Å². The van der Waals surface area contributed by atoms with Crippen LogP contribution in [0.1, 0.15) is 65.5 Å². The maximum atomic E-state index is 5.83. The third-order valence-electron chi connectivity index (χ3n) is 8.08. The highest BCUT2D eigenvalue weighted by molar-refractivity contribution is 5.43. The molecular weight excluding hydrogens is 436 g/mol. The number of hydrogen-bond donors (Lipinski definition) is 2. The summed E-state index contributed by atoms with van der Waals surface area (Å²) >= 11 is 0. The normalized spacial score (nSPS) is 15.0. The van der Waals surface area contributed by atoms with Crippen molar-refractivity contribution in [3.05, 3.63) is 130 Å². The second-order valence-corrected chi connectivity index (χ2v) is 10.5. The van der Waals surface area contributed by atoms with Crippen molar-refractivity contribution in [1.82, 2.24) is 0 Å². The summed E-state index contributed by atoms with van der Waals surface area (Å²) in [5.41, 5.74) is 21.9. The predicted octanol–water partition coefficient (Wildman–Crippen LogP) is 7.67. The molecule has 0 bridgehead atoms. The molecule has 2 heteroatoms. The van der Waals surface area contributed by atoms with Crippen molar-refractivity contribution in [2.45, 2.75) is 63.2 Å². The zero-order chi connectivity index (χ0) is 24.8. The number of benzene rings is 4. The Hall–Kier alpha value is -3.52. The predicted molar refractivity (Wildman–Crippen MR) is 153 cm³/mol. The number of anilines is 2. The Kier molecular flexibility index (Phi) is 7.41. The monoisotopic (exact) mass is 474 g/mol. The van der Waals surface area contributed by atoms with E-state index in [1.165, 1.54) is 65.5 Å². The van der Waals surface area contributed by atoms with Crippen molar-refractivity contribution in [3.8, 4) is 0 Å². The highest BCUT2D eigenvalue weighted by Gasteiger charge is 2.35. The molecule has 184 valence electrons. The maximum absolute atomic E-state index is 5.83. The summed E-state index contributed by atoms with van der Waals surface area (Å²) in [6.07, 6.45) is 10.6. The smallest absolute Gasteiger partial charge is 0.0314 e. The number of hydrogen-bond acceptors (Lipinski definition) is 2. The summed E-state index contributed by atoms with van der Waals surface area (Å²) in [6, 6.07) is 35.5. The minimum atomic E-state index is 0.142. The van der Waals surface area contributed by atoms with Crippen LogP contribution in [0, 0.1) is 0 Å².